The van der Waals surface area contributed by atoms with Crippen LogP contribution in [0.1, 0.15) is 18.3 Å². The number of aryl methyl sites for hydroxylation is 2. The second kappa shape index (κ2) is 5.59. The summed E-state index contributed by atoms with van der Waals surface area (Å²) in [5, 5.41) is 4.01. The topological polar surface area (TPSA) is 103 Å². The van der Waals surface area contributed by atoms with E-state index in [1.165, 1.54) is 17.1 Å². The van der Waals surface area contributed by atoms with E-state index >= 15 is 0 Å². The van der Waals surface area contributed by atoms with Gasteiger partial charge in [-0.3, -0.25) is 4.68 Å². The van der Waals surface area contributed by atoms with Crippen LogP contribution in [0.5, 0.6) is 0 Å². The lowest BCUT2D eigenvalue weighted by Crippen LogP contribution is -2.24. The van der Waals surface area contributed by atoms with Crippen LogP contribution in [0, 0.1) is 0 Å². The van der Waals surface area contributed by atoms with Gasteiger partial charge in [-0.1, -0.05) is 13.0 Å². The predicted molar refractivity (Wildman–Crippen MR) is 75.3 cm³/mol. The zero-order valence-electron chi connectivity index (χ0n) is 11.4. The molecule has 0 fully saturated rings. The lowest BCUT2D eigenvalue weighted by molar-refractivity contribution is 0.578. The number of benzene rings is 1. The maximum atomic E-state index is 12.1. The van der Waals surface area contributed by atoms with E-state index in [9.17, 15) is 8.42 Å². The zero-order valence-corrected chi connectivity index (χ0v) is 12.2. The number of hydrogen-bond acceptors (Lipinski definition) is 5. The standard InChI is InChI=1S/C12H17N5O2S/c1-3-9-4-5-10(6-11(9)13)20(18,19)15-7-12-14-8-17(2)16-12/h4-6,8,15H,3,7,13H2,1-2H3. The smallest absolute Gasteiger partial charge is 0.241 e. The Labute approximate surface area is 117 Å². The molecule has 0 spiro atoms. The minimum absolute atomic E-state index is 0.0403. The monoisotopic (exact) mass is 295 g/mol. The molecule has 0 aliphatic carbocycles. The molecular weight excluding hydrogens is 278 g/mol. The first-order chi connectivity index (χ1) is 9.42. The summed E-state index contributed by atoms with van der Waals surface area (Å²) in [4.78, 5) is 4.10. The molecule has 2 aromatic rings. The van der Waals surface area contributed by atoms with Gasteiger partial charge in [0.25, 0.3) is 0 Å². The summed E-state index contributed by atoms with van der Waals surface area (Å²) >= 11 is 0. The minimum Gasteiger partial charge on any atom is -0.398 e. The summed E-state index contributed by atoms with van der Waals surface area (Å²) in [6, 6.07) is 4.74. The summed E-state index contributed by atoms with van der Waals surface area (Å²) in [5.41, 5.74) is 7.22. The van der Waals surface area contributed by atoms with Crippen molar-refractivity contribution in [3.05, 3.63) is 35.9 Å². The van der Waals surface area contributed by atoms with Crippen molar-refractivity contribution in [2.45, 2.75) is 24.8 Å². The molecule has 0 bridgehead atoms. The summed E-state index contributed by atoms with van der Waals surface area (Å²) < 4.78 is 28.2. The molecular formula is C12H17N5O2S. The number of hydrogen-bond donors (Lipinski definition) is 2. The van der Waals surface area contributed by atoms with E-state index in [1.54, 1.807) is 19.2 Å². The third kappa shape index (κ3) is 3.14. The molecule has 0 atom stereocenters. The average molecular weight is 295 g/mol. The van der Waals surface area contributed by atoms with Crippen LogP contribution in [-0.4, -0.2) is 23.2 Å². The summed E-state index contributed by atoms with van der Waals surface area (Å²) in [6.07, 6.45) is 2.27. The molecule has 0 aliphatic heterocycles. The van der Waals surface area contributed by atoms with Gasteiger partial charge in [-0.25, -0.2) is 18.1 Å². The second-order valence-corrected chi connectivity index (χ2v) is 6.14. The molecule has 0 saturated carbocycles. The number of aromatic nitrogens is 3. The van der Waals surface area contributed by atoms with Crippen molar-refractivity contribution in [1.29, 1.82) is 0 Å². The molecule has 3 N–H and O–H groups in total. The van der Waals surface area contributed by atoms with Crippen molar-refractivity contribution >= 4 is 15.7 Å². The fraction of sp³-hybridized carbons (Fsp3) is 0.333. The van der Waals surface area contributed by atoms with Gasteiger partial charge in [-0.05, 0) is 24.1 Å². The fourth-order valence-corrected chi connectivity index (χ4v) is 2.79. The molecule has 1 heterocycles. The number of rotatable bonds is 5. The van der Waals surface area contributed by atoms with Crippen LogP contribution >= 0.6 is 0 Å². The Balaban J connectivity index is 2.15. The number of sulfonamides is 1. The molecule has 0 saturated heterocycles. The molecule has 0 radical (unpaired) electrons. The van der Waals surface area contributed by atoms with E-state index in [1.807, 2.05) is 6.92 Å². The van der Waals surface area contributed by atoms with E-state index in [2.05, 4.69) is 14.8 Å². The quantitative estimate of drug-likeness (QED) is 0.779. The number of anilines is 1. The van der Waals surface area contributed by atoms with Crippen molar-refractivity contribution in [1.82, 2.24) is 19.5 Å². The Morgan fingerprint density at radius 2 is 2.15 bits per heavy atom. The lowest BCUT2D eigenvalue weighted by Gasteiger charge is -2.08. The molecule has 108 valence electrons. The van der Waals surface area contributed by atoms with E-state index in [-0.39, 0.29) is 11.4 Å². The molecule has 20 heavy (non-hydrogen) atoms. The van der Waals surface area contributed by atoms with Crippen LogP contribution in [0.3, 0.4) is 0 Å². The SMILES string of the molecule is CCc1ccc(S(=O)(=O)NCc2ncn(C)n2)cc1N. The van der Waals surface area contributed by atoms with E-state index in [4.69, 9.17) is 5.73 Å². The first kappa shape index (κ1) is 14.5. The summed E-state index contributed by atoms with van der Waals surface area (Å²) in [7, 11) is -1.90. The van der Waals surface area contributed by atoms with E-state index in [0.717, 1.165) is 12.0 Å². The zero-order chi connectivity index (χ0) is 14.8. The van der Waals surface area contributed by atoms with Crippen LogP contribution in [0.2, 0.25) is 0 Å². The van der Waals surface area contributed by atoms with Gasteiger partial charge in [0.2, 0.25) is 10.0 Å². The van der Waals surface area contributed by atoms with Gasteiger partial charge in [0.15, 0.2) is 5.82 Å². The highest BCUT2D eigenvalue weighted by Gasteiger charge is 2.15. The number of nitrogen functional groups attached to an aromatic ring is 1. The molecule has 1 aromatic carbocycles. The first-order valence-corrected chi connectivity index (χ1v) is 7.63. The molecule has 7 nitrogen and oxygen atoms in total. The van der Waals surface area contributed by atoms with Crippen molar-refractivity contribution in [3.63, 3.8) is 0 Å². The number of nitrogens with two attached hydrogens (primary N) is 1. The van der Waals surface area contributed by atoms with Gasteiger partial charge >= 0.3 is 0 Å². The Kier molecular flexibility index (Phi) is 4.05. The van der Waals surface area contributed by atoms with Gasteiger partial charge in [0, 0.05) is 12.7 Å². The fourth-order valence-electron chi connectivity index (χ4n) is 1.77. The van der Waals surface area contributed by atoms with Crippen LogP contribution in [0.25, 0.3) is 0 Å². The number of nitrogens with one attached hydrogen (secondary N) is 1. The molecule has 1 aromatic heterocycles. The molecule has 0 aliphatic rings. The van der Waals surface area contributed by atoms with Crippen molar-refractivity contribution in [3.8, 4) is 0 Å². The largest absolute Gasteiger partial charge is 0.398 e. The summed E-state index contributed by atoms with van der Waals surface area (Å²) in [5.74, 6) is 0.411. The van der Waals surface area contributed by atoms with Crippen molar-refractivity contribution in [2.24, 2.45) is 7.05 Å². The Bertz CT molecular complexity index is 708. The highest BCUT2D eigenvalue weighted by molar-refractivity contribution is 7.89. The minimum atomic E-state index is -3.62. The van der Waals surface area contributed by atoms with E-state index in [0.29, 0.717) is 11.5 Å². The van der Waals surface area contributed by atoms with Crippen molar-refractivity contribution in [2.75, 3.05) is 5.73 Å². The van der Waals surface area contributed by atoms with Gasteiger partial charge in [-0.15, -0.1) is 0 Å². The molecule has 8 heteroatoms. The van der Waals surface area contributed by atoms with Gasteiger partial charge in [-0.2, -0.15) is 5.10 Å². The first-order valence-electron chi connectivity index (χ1n) is 6.15. The van der Waals surface area contributed by atoms with Crippen LogP contribution in [-0.2, 0) is 30.0 Å². The third-order valence-corrected chi connectivity index (χ3v) is 4.27. The third-order valence-electron chi connectivity index (χ3n) is 2.88. The maximum absolute atomic E-state index is 12.1. The molecule has 2 rings (SSSR count). The van der Waals surface area contributed by atoms with Crippen LogP contribution in [0.15, 0.2) is 29.4 Å². The normalized spacial score (nSPS) is 11.7. The van der Waals surface area contributed by atoms with E-state index < -0.39 is 10.0 Å². The van der Waals surface area contributed by atoms with Crippen LogP contribution in [0.4, 0.5) is 5.69 Å². The number of nitrogens with zero attached hydrogens (tertiary/aromatic N) is 3. The average Bonchev–Trinajstić information content (AvgIpc) is 2.82. The second-order valence-electron chi connectivity index (χ2n) is 4.37. The maximum Gasteiger partial charge on any atom is 0.241 e. The van der Waals surface area contributed by atoms with Crippen LogP contribution < -0.4 is 10.5 Å². The summed E-state index contributed by atoms with van der Waals surface area (Å²) in [6.45, 7) is 2.00. The molecule has 0 unspecified atom stereocenters. The predicted octanol–water partition coefficient (Wildman–Crippen LogP) is 0.438. The highest BCUT2D eigenvalue weighted by Crippen LogP contribution is 2.18. The lowest BCUT2D eigenvalue weighted by atomic mass is 10.1. The Morgan fingerprint density at radius 3 is 2.70 bits per heavy atom. The van der Waals surface area contributed by atoms with Crippen molar-refractivity contribution < 1.29 is 8.42 Å². The molecule has 0 amide bonds. The highest BCUT2D eigenvalue weighted by atomic mass is 32.2. The Morgan fingerprint density at radius 1 is 1.40 bits per heavy atom. The Hall–Kier alpha value is -1.93. The van der Waals surface area contributed by atoms with Gasteiger partial charge < -0.3 is 5.73 Å². The van der Waals surface area contributed by atoms with Gasteiger partial charge in [0.05, 0.1) is 11.4 Å². The van der Waals surface area contributed by atoms with Gasteiger partial charge in [0.1, 0.15) is 6.33 Å².